The van der Waals surface area contributed by atoms with Crippen molar-refractivity contribution in [1.82, 2.24) is 19.6 Å². The molecule has 4 heterocycles. The van der Waals surface area contributed by atoms with E-state index in [0.29, 0.717) is 31.2 Å². The third-order valence-electron chi connectivity index (χ3n) is 5.51. The van der Waals surface area contributed by atoms with Crippen molar-refractivity contribution in [1.29, 1.82) is 0 Å². The first-order valence-corrected chi connectivity index (χ1v) is 12.8. The Morgan fingerprint density at radius 2 is 2.00 bits per heavy atom. The molecule has 0 atom stereocenters. The Balaban J connectivity index is 1.28. The van der Waals surface area contributed by atoms with Crippen LogP contribution in [0.1, 0.15) is 15.2 Å². The van der Waals surface area contributed by atoms with E-state index in [4.69, 9.17) is 4.74 Å². The highest BCUT2D eigenvalue weighted by atomic mass is 32.2. The lowest BCUT2D eigenvalue weighted by atomic mass is 10.2. The highest BCUT2D eigenvalue weighted by molar-refractivity contribution is 7.89. The Bertz CT molecular complexity index is 1400. The molecule has 1 aliphatic heterocycles. The van der Waals surface area contributed by atoms with Crippen LogP contribution in [0.5, 0.6) is 0 Å². The zero-order valence-electron chi connectivity index (χ0n) is 17.7. The average molecular weight is 483 g/mol. The monoisotopic (exact) mass is 482 g/mol. The lowest BCUT2D eigenvalue weighted by Crippen LogP contribution is -2.40. The van der Waals surface area contributed by atoms with E-state index in [1.54, 1.807) is 36.5 Å². The summed E-state index contributed by atoms with van der Waals surface area (Å²) < 4.78 is 32.5. The second-order valence-corrected chi connectivity index (χ2v) is 10.6. The van der Waals surface area contributed by atoms with Gasteiger partial charge in [0.15, 0.2) is 0 Å². The van der Waals surface area contributed by atoms with Crippen molar-refractivity contribution in [2.24, 2.45) is 0 Å². The maximum atomic E-state index is 12.9. The molecule has 1 amide bonds. The molecule has 0 radical (unpaired) electrons. The van der Waals surface area contributed by atoms with Crippen LogP contribution in [0.25, 0.3) is 21.5 Å². The highest BCUT2D eigenvalue weighted by Gasteiger charge is 2.26. The second-order valence-electron chi connectivity index (χ2n) is 7.61. The average Bonchev–Trinajstić information content (AvgIpc) is 3.51. The van der Waals surface area contributed by atoms with E-state index in [9.17, 15) is 13.2 Å². The number of nitrogens with zero attached hydrogens (tertiary/aromatic N) is 2. The SMILES string of the molecule is O=C(NCc1cccc(S(=O)(=O)N2CCOCC2)c1)c1ccc(-c2c[nH]c3ncccc23)s1. The molecule has 0 aliphatic carbocycles. The number of aromatic nitrogens is 2. The molecule has 1 fully saturated rings. The summed E-state index contributed by atoms with van der Waals surface area (Å²) in [6, 6.07) is 14.3. The summed E-state index contributed by atoms with van der Waals surface area (Å²) in [5, 5.41) is 3.90. The first-order chi connectivity index (χ1) is 16.0. The van der Waals surface area contributed by atoms with Crippen LogP contribution in [0, 0.1) is 0 Å². The third kappa shape index (κ3) is 4.42. The van der Waals surface area contributed by atoms with Crippen molar-refractivity contribution in [2.75, 3.05) is 26.3 Å². The number of sulfonamides is 1. The molecule has 8 nitrogen and oxygen atoms in total. The number of hydrogen-bond acceptors (Lipinski definition) is 6. The van der Waals surface area contributed by atoms with Crippen LogP contribution in [-0.4, -0.2) is 54.9 Å². The number of rotatable bonds is 6. The van der Waals surface area contributed by atoms with Gasteiger partial charge in [-0.05, 0) is 42.0 Å². The highest BCUT2D eigenvalue weighted by Crippen LogP contribution is 2.33. The predicted octanol–water partition coefficient (Wildman–Crippen LogP) is 3.24. The summed E-state index contributed by atoms with van der Waals surface area (Å²) in [6.07, 6.45) is 3.63. The number of amides is 1. The van der Waals surface area contributed by atoms with Gasteiger partial charge in [0.25, 0.3) is 5.91 Å². The molecular weight excluding hydrogens is 460 g/mol. The van der Waals surface area contributed by atoms with Gasteiger partial charge in [0.2, 0.25) is 10.0 Å². The van der Waals surface area contributed by atoms with Gasteiger partial charge in [-0.1, -0.05) is 12.1 Å². The van der Waals surface area contributed by atoms with E-state index in [2.05, 4.69) is 15.3 Å². The summed E-state index contributed by atoms with van der Waals surface area (Å²) in [7, 11) is -3.58. The first-order valence-electron chi connectivity index (χ1n) is 10.5. The quantitative estimate of drug-likeness (QED) is 0.439. The number of aromatic amines is 1. The maximum absolute atomic E-state index is 12.9. The fraction of sp³-hybridized carbons (Fsp3) is 0.217. The third-order valence-corrected chi connectivity index (χ3v) is 8.52. The van der Waals surface area contributed by atoms with E-state index in [1.807, 2.05) is 24.4 Å². The first kappa shape index (κ1) is 21.8. The molecule has 5 rings (SSSR count). The number of nitrogens with one attached hydrogen (secondary N) is 2. The van der Waals surface area contributed by atoms with Gasteiger partial charge >= 0.3 is 0 Å². The van der Waals surface area contributed by atoms with Crippen LogP contribution in [0.2, 0.25) is 0 Å². The fourth-order valence-corrected chi connectivity index (χ4v) is 6.22. The number of pyridine rings is 1. The van der Waals surface area contributed by atoms with E-state index < -0.39 is 10.0 Å². The van der Waals surface area contributed by atoms with Gasteiger partial charge in [-0.3, -0.25) is 4.79 Å². The minimum absolute atomic E-state index is 0.203. The van der Waals surface area contributed by atoms with Crippen molar-refractivity contribution in [3.05, 3.63) is 71.4 Å². The Labute approximate surface area is 195 Å². The van der Waals surface area contributed by atoms with E-state index in [0.717, 1.165) is 27.0 Å². The molecule has 1 aliphatic rings. The summed E-state index contributed by atoms with van der Waals surface area (Å²) in [5.41, 5.74) is 2.53. The number of thiophene rings is 1. The van der Waals surface area contributed by atoms with E-state index in [-0.39, 0.29) is 17.3 Å². The van der Waals surface area contributed by atoms with Crippen LogP contribution in [0.3, 0.4) is 0 Å². The van der Waals surface area contributed by atoms with Gasteiger partial charge < -0.3 is 15.0 Å². The largest absolute Gasteiger partial charge is 0.379 e. The summed E-state index contributed by atoms with van der Waals surface area (Å²) in [6.45, 7) is 1.71. The van der Waals surface area contributed by atoms with E-state index in [1.165, 1.54) is 15.6 Å². The van der Waals surface area contributed by atoms with Gasteiger partial charge in [-0.15, -0.1) is 11.3 Å². The summed E-state index contributed by atoms with van der Waals surface area (Å²) in [5.74, 6) is -0.203. The van der Waals surface area contributed by atoms with Crippen molar-refractivity contribution in [3.63, 3.8) is 0 Å². The number of carbonyl (C=O) groups is 1. The number of benzene rings is 1. The Hall–Kier alpha value is -3.05. The van der Waals surface area contributed by atoms with Gasteiger partial charge in [-0.25, -0.2) is 13.4 Å². The second kappa shape index (κ2) is 9.06. The van der Waals surface area contributed by atoms with Crippen LogP contribution in [0.4, 0.5) is 0 Å². The van der Waals surface area contributed by atoms with Gasteiger partial charge in [-0.2, -0.15) is 4.31 Å². The van der Waals surface area contributed by atoms with Crippen LogP contribution < -0.4 is 5.32 Å². The molecule has 0 saturated carbocycles. The molecule has 33 heavy (non-hydrogen) atoms. The van der Waals surface area contributed by atoms with Crippen molar-refractivity contribution in [3.8, 4) is 10.4 Å². The number of H-pyrrole nitrogens is 1. The molecule has 170 valence electrons. The van der Waals surface area contributed by atoms with E-state index >= 15 is 0 Å². The number of fused-ring (bicyclic) bond motifs is 1. The molecule has 0 bridgehead atoms. The summed E-state index contributed by atoms with van der Waals surface area (Å²) in [4.78, 5) is 22.0. The lowest BCUT2D eigenvalue weighted by Gasteiger charge is -2.26. The predicted molar refractivity (Wildman–Crippen MR) is 127 cm³/mol. The maximum Gasteiger partial charge on any atom is 0.261 e. The van der Waals surface area contributed by atoms with Crippen molar-refractivity contribution in [2.45, 2.75) is 11.4 Å². The Morgan fingerprint density at radius 1 is 1.15 bits per heavy atom. The van der Waals surface area contributed by atoms with Gasteiger partial charge in [0, 0.05) is 47.9 Å². The van der Waals surface area contributed by atoms with Crippen molar-refractivity contribution >= 4 is 38.3 Å². The van der Waals surface area contributed by atoms with Gasteiger partial charge in [0.1, 0.15) is 5.65 Å². The molecular formula is C23H22N4O4S2. The number of ether oxygens (including phenoxy) is 1. The summed E-state index contributed by atoms with van der Waals surface area (Å²) >= 11 is 1.40. The molecule has 1 saturated heterocycles. The fourth-order valence-electron chi connectivity index (χ4n) is 3.79. The number of morpholine rings is 1. The number of hydrogen-bond donors (Lipinski definition) is 2. The molecule has 2 N–H and O–H groups in total. The number of carbonyl (C=O) groups excluding carboxylic acids is 1. The molecule has 0 unspecified atom stereocenters. The molecule has 10 heteroatoms. The Kier molecular flexibility index (Phi) is 5.98. The standard InChI is InChI=1S/C23H22N4O4S2/c28-23(21-7-6-20(32-21)19-15-25-22-18(19)5-2-8-24-22)26-14-16-3-1-4-17(13-16)33(29,30)27-9-11-31-12-10-27/h1-8,13,15H,9-12,14H2,(H,24,25)(H,26,28). The molecule has 1 aromatic carbocycles. The van der Waals surface area contributed by atoms with Crippen LogP contribution >= 0.6 is 11.3 Å². The zero-order valence-corrected chi connectivity index (χ0v) is 19.3. The molecule has 3 aromatic heterocycles. The topological polar surface area (TPSA) is 104 Å². The lowest BCUT2D eigenvalue weighted by molar-refractivity contribution is 0.0730. The molecule has 0 spiro atoms. The minimum Gasteiger partial charge on any atom is -0.379 e. The minimum atomic E-state index is -3.58. The van der Waals surface area contributed by atoms with Crippen LogP contribution in [-0.2, 0) is 21.3 Å². The zero-order chi connectivity index (χ0) is 22.8. The normalized spacial score (nSPS) is 15.0. The van der Waals surface area contributed by atoms with Crippen LogP contribution in [0.15, 0.2) is 65.8 Å². The van der Waals surface area contributed by atoms with Gasteiger partial charge in [0.05, 0.1) is 23.0 Å². The Morgan fingerprint density at radius 3 is 2.85 bits per heavy atom. The molecule has 4 aromatic rings. The smallest absolute Gasteiger partial charge is 0.261 e. The van der Waals surface area contributed by atoms with Crippen molar-refractivity contribution < 1.29 is 17.9 Å².